The van der Waals surface area contributed by atoms with E-state index in [9.17, 15) is 4.79 Å². The van der Waals surface area contributed by atoms with Gasteiger partial charge in [-0.15, -0.1) is 5.10 Å². The Kier molecular flexibility index (Phi) is 3.72. The highest BCUT2D eigenvalue weighted by atomic mass is 16.2. The quantitative estimate of drug-likeness (QED) is 0.890. The monoisotopic (exact) mass is 244 g/mol. The summed E-state index contributed by atoms with van der Waals surface area (Å²) in [5.41, 5.74) is 2.03. The van der Waals surface area contributed by atoms with E-state index >= 15 is 0 Å². The molecular formula is C13H16N4O. The van der Waals surface area contributed by atoms with Crippen molar-refractivity contribution < 1.29 is 4.79 Å². The van der Waals surface area contributed by atoms with Gasteiger partial charge in [0, 0.05) is 6.54 Å². The third kappa shape index (κ3) is 2.40. The zero-order chi connectivity index (χ0) is 13.0. The van der Waals surface area contributed by atoms with Crippen LogP contribution in [0.5, 0.6) is 0 Å². The van der Waals surface area contributed by atoms with Crippen LogP contribution in [0.2, 0.25) is 0 Å². The van der Waals surface area contributed by atoms with Gasteiger partial charge in [0.15, 0.2) is 5.69 Å². The molecule has 18 heavy (non-hydrogen) atoms. The van der Waals surface area contributed by atoms with Crippen molar-refractivity contribution in [2.24, 2.45) is 0 Å². The SMILES string of the molecule is CCCNC(=O)c1nnn(-c2ccccc2)c1C. The molecule has 0 saturated heterocycles. The summed E-state index contributed by atoms with van der Waals surface area (Å²) >= 11 is 0. The zero-order valence-corrected chi connectivity index (χ0v) is 10.6. The van der Waals surface area contributed by atoms with Gasteiger partial charge in [0.2, 0.25) is 0 Å². The van der Waals surface area contributed by atoms with Gasteiger partial charge in [0.25, 0.3) is 5.91 Å². The topological polar surface area (TPSA) is 59.8 Å². The van der Waals surface area contributed by atoms with E-state index in [1.54, 1.807) is 4.68 Å². The second-order valence-electron chi connectivity index (χ2n) is 4.03. The molecule has 0 saturated carbocycles. The number of para-hydroxylation sites is 1. The molecule has 1 heterocycles. The summed E-state index contributed by atoms with van der Waals surface area (Å²) in [5, 5.41) is 10.8. The van der Waals surface area contributed by atoms with E-state index in [4.69, 9.17) is 0 Å². The summed E-state index contributed by atoms with van der Waals surface area (Å²) in [6.07, 6.45) is 0.900. The lowest BCUT2D eigenvalue weighted by Crippen LogP contribution is -2.25. The first-order valence-corrected chi connectivity index (χ1v) is 6.00. The van der Waals surface area contributed by atoms with Crippen LogP contribution in [0.1, 0.15) is 29.5 Å². The molecule has 1 aromatic carbocycles. The highest BCUT2D eigenvalue weighted by Crippen LogP contribution is 2.11. The molecule has 0 aliphatic heterocycles. The molecule has 5 heteroatoms. The standard InChI is InChI=1S/C13H16N4O/c1-3-9-14-13(18)12-10(2)17(16-15-12)11-7-5-4-6-8-11/h4-8H,3,9H2,1-2H3,(H,14,18). The first kappa shape index (κ1) is 12.3. The molecule has 0 fully saturated rings. The van der Waals surface area contributed by atoms with Crippen molar-refractivity contribution in [3.63, 3.8) is 0 Å². The minimum atomic E-state index is -0.170. The fourth-order valence-electron chi connectivity index (χ4n) is 1.68. The van der Waals surface area contributed by atoms with Gasteiger partial charge in [0.1, 0.15) is 0 Å². The fraction of sp³-hybridized carbons (Fsp3) is 0.308. The van der Waals surface area contributed by atoms with Crippen LogP contribution in [-0.4, -0.2) is 27.4 Å². The average molecular weight is 244 g/mol. The fourth-order valence-corrected chi connectivity index (χ4v) is 1.68. The summed E-state index contributed by atoms with van der Waals surface area (Å²) in [7, 11) is 0. The molecule has 0 aliphatic carbocycles. The second-order valence-corrected chi connectivity index (χ2v) is 4.03. The highest BCUT2D eigenvalue weighted by Gasteiger charge is 2.16. The number of nitrogens with one attached hydrogen (secondary N) is 1. The van der Waals surface area contributed by atoms with Crippen LogP contribution < -0.4 is 5.32 Å². The van der Waals surface area contributed by atoms with Crippen LogP contribution in [-0.2, 0) is 0 Å². The Morgan fingerprint density at radius 1 is 1.33 bits per heavy atom. The number of benzene rings is 1. The van der Waals surface area contributed by atoms with Crippen LogP contribution in [0, 0.1) is 6.92 Å². The molecule has 0 bridgehead atoms. The van der Waals surface area contributed by atoms with Crippen LogP contribution in [0.15, 0.2) is 30.3 Å². The minimum absolute atomic E-state index is 0.170. The summed E-state index contributed by atoms with van der Waals surface area (Å²) in [4.78, 5) is 11.8. The Balaban J connectivity index is 2.27. The van der Waals surface area contributed by atoms with Crippen LogP contribution in [0.4, 0.5) is 0 Å². The molecule has 2 aromatic rings. The third-order valence-electron chi connectivity index (χ3n) is 2.65. The van der Waals surface area contributed by atoms with Gasteiger partial charge < -0.3 is 5.32 Å². The third-order valence-corrected chi connectivity index (χ3v) is 2.65. The van der Waals surface area contributed by atoms with Crippen LogP contribution in [0.3, 0.4) is 0 Å². The molecule has 5 nitrogen and oxygen atoms in total. The van der Waals surface area contributed by atoms with Crippen molar-refractivity contribution in [1.29, 1.82) is 0 Å². The molecule has 2 rings (SSSR count). The largest absolute Gasteiger partial charge is 0.351 e. The van der Waals surface area contributed by atoms with Crippen molar-refractivity contribution in [3.8, 4) is 5.69 Å². The summed E-state index contributed by atoms with van der Waals surface area (Å²) in [6, 6.07) is 9.63. The Bertz CT molecular complexity index is 533. The lowest BCUT2D eigenvalue weighted by atomic mass is 10.3. The van der Waals surface area contributed by atoms with E-state index in [1.807, 2.05) is 44.2 Å². The molecule has 1 aromatic heterocycles. The maximum absolute atomic E-state index is 11.8. The van der Waals surface area contributed by atoms with Gasteiger partial charge >= 0.3 is 0 Å². The van der Waals surface area contributed by atoms with Crippen molar-refractivity contribution in [2.75, 3.05) is 6.54 Å². The van der Waals surface area contributed by atoms with Gasteiger partial charge in [0.05, 0.1) is 11.4 Å². The summed E-state index contributed by atoms with van der Waals surface area (Å²) < 4.78 is 1.67. The maximum Gasteiger partial charge on any atom is 0.273 e. The molecule has 0 radical (unpaired) electrons. The molecule has 0 aliphatic rings. The Morgan fingerprint density at radius 2 is 2.06 bits per heavy atom. The van der Waals surface area contributed by atoms with E-state index in [0.717, 1.165) is 17.8 Å². The number of rotatable bonds is 4. The van der Waals surface area contributed by atoms with E-state index in [-0.39, 0.29) is 5.91 Å². The number of hydrogen-bond donors (Lipinski definition) is 1. The maximum atomic E-state index is 11.8. The summed E-state index contributed by atoms with van der Waals surface area (Å²) in [5.74, 6) is -0.170. The zero-order valence-electron chi connectivity index (χ0n) is 10.6. The molecule has 94 valence electrons. The number of carbonyl (C=O) groups is 1. The molecule has 1 amide bonds. The van der Waals surface area contributed by atoms with Crippen LogP contribution in [0.25, 0.3) is 5.69 Å². The van der Waals surface area contributed by atoms with Gasteiger partial charge in [-0.1, -0.05) is 30.3 Å². The number of hydrogen-bond acceptors (Lipinski definition) is 3. The highest BCUT2D eigenvalue weighted by molar-refractivity contribution is 5.93. The Hall–Kier alpha value is -2.17. The predicted molar refractivity (Wildman–Crippen MR) is 68.7 cm³/mol. The Morgan fingerprint density at radius 3 is 2.72 bits per heavy atom. The normalized spacial score (nSPS) is 10.3. The molecule has 0 atom stereocenters. The van der Waals surface area contributed by atoms with E-state index < -0.39 is 0 Å². The number of aromatic nitrogens is 3. The van der Waals surface area contributed by atoms with E-state index in [2.05, 4.69) is 15.6 Å². The molecule has 1 N–H and O–H groups in total. The summed E-state index contributed by atoms with van der Waals surface area (Å²) in [6.45, 7) is 4.50. The van der Waals surface area contributed by atoms with Crippen molar-refractivity contribution >= 4 is 5.91 Å². The van der Waals surface area contributed by atoms with Crippen molar-refractivity contribution in [3.05, 3.63) is 41.7 Å². The lowest BCUT2D eigenvalue weighted by molar-refractivity contribution is 0.0948. The predicted octanol–water partition coefficient (Wildman–Crippen LogP) is 1.72. The van der Waals surface area contributed by atoms with Gasteiger partial charge in [-0.2, -0.15) is 0 Å². The number of carbonyl (C=O) groups excluding carboxylic acids is 1. The smallest absolute Gasteiger partial charge is 0.273 e. The Labute approximate surface area is 106 Å². The van der Waals surface area contributed by atoms with Gasteiger partial charge in [-0.05, 0) is 25.5 Å². The van der Waals surface area contributed by atoms with Gasteiger partial charge in [-0.25, -0.2) is 4.68 Å². The minimum Gasteiger partial charge on any atom is -0.351 e. The van der Waals surface area contributed by atoms with Crippen molar-refractivity contribution in [1.82, 2.24) is 20.3 Å². The average Bonchev–Trinajstić information content (AvgIpc) is 2.79. The second kappa shape index (κ2) is 5.44. The van der Waals surface area contributed by atoms with Crippen LogP contribution >= 0.6 is 0 Å². The van der Waals surface area contributed by atoms with Crippen molar-refractivity contribution in [2.45, 2.75) is 20.3 Å². The molecule has 0 unspecified atom stereocenters. The van der Waals surface area contributed by atoms with E-state index in [0.29, 0.717) is 12.2 Å². The number of amides is 1. The first-order valence-electron chi connectivity index (χ1n) is 6.00. The van der Waals surface area contributed by atoms with Gasteiger partial charge in [-0.3, -0.25) is 4.79 Å². The molecule has 0 spiro atoms. The lowest BCUT2D eigenvalue weighted by Gasteiger charge is -2.03. The first-order chi connectivity index (χ1) is 8.74. The molecular weight excluding hydrogens is 228 g/mol. The van der Waals surface area contributed by atoms with E-state index in [1.165, 1.54) is 0 Å². The number of nitrogens with zero attached hydrogens (tertiary/aromatic N) is 3.